The summed E-state index contributed by atoms with van der Waals surface area (Å²) in [6, 6.07) is 20.6. The first-order chi connectivity index (χ1) is 12.6. The number of pyridine rings is 1. The average molecular weight is 380 g/mol. The maximum absolute atomic E-state index is 12.8. The highest BCUT2D eigenvalue weighted by molar-refractivity contribution is 7.92. The second kappa shape index (κ2) is 6.55. The fraction of sp³-hybridized carbons (Fsp3) is 0.0500. The van der Waals surface area contributed by atoms with Crippen LogP contribution in [-0.4, -0.2) is 18.5 Å². The standard InChI is InChI=1S/C20H16N2O2S2/c1-15-14-17-10-5-6-12-22(17)20(15)19(16-8-3-2-4-9-16)21-26(23,24)18-11-7-13-25-18/h2-14H,1H3/b21-19+. The first-order valence-electron chi connectivity index (χ1n) is 8.07. The number of rotatable bonds is 4. The Bertz CT molecular complexity index is 1190. The number of hydrogen-bond acceptors (Lipinski definition) is 3. The smallest absolute Gasteiger partial charge is 0.292 e. The minimum atomic E-state index is -3.78. The van der Waals surface area contributed by atoms with Crippen LogP contribution in [-0.2, 0) is 10.0 Å². The third kappa shape index (κ3) is 2.98. The van der Waals surface area contributed by atoms with E-state index >= 15 is 0 Å². The molecule has 130 valence electrons. The molecule has 4 nitrogen and oxygen atoms in total. The molecule has 0 aliphatic carbocycles. The molecule has 0 radical (unpaired) electrons. The van der Waals surface area contributed by atoms with Gasteiger partial charge in [-0.05, 0) is 42.1 Å². The van der Waals surface area contributed by atoms with Crippen molar-refractivity contribution in [3.05, 3.63) is 95.1 Å². The van der Waals surface area contributed by atoms with Crippen molar-refractivity contribution < 1.29 is 8.42 Å². The SMILES string of the molecule is Cc1cc2ccccn2c1/C(=N/S(=O)(=O)c1cccs1)c1ccccc1. The van der Waals surface area contributed by atoms with E-state index in [0.29, 0.717) is 5.71 Å². The quantitative estimate of drug-likeness (QED) is 0.488. The Labute approximate surface area is 156 Å². The van der Waals surface area contributed by atoms with Gasteiger partial charge in [0.05, 0.1) is 5.69 Å². The Balaban J connectivity index is 2.01. The summed E-state index contributed by atoms with van der Waals surface area (Å²) in [5.74, 6) is 0. The zero-order valence-electron chi connectivity index (χ0n) is 14.0. The van der Waals surface area contributed by atoms with E-state index in [1.807, 2.05) is 72.1 Å². The summed E-state index contributed by atoms with van der Waals surface area (Å²) >= 11 is 1.17. The highest BCUT2D eigenvalue weighted by atomic mass is 32.2. The zero-order valence-corrected chi connectivity index (χ0v) is 15.7. The lowest BCUT2D eigenvalue weighted by Crippen LogP contribution is -2.11. The second-order valence-electron chi connectivity index (χ2n) is 5.88. The van der Waals surface area contributed by atoms with Crippen LogP contribution in [0.2, 0.25) is 0 Å². The summed E-state index contributed by atoms with van der Waals surface area (Å²) in [5.41, 5.74) is 3.96. The summed E-state index contributed by atoms with van der Waals surface area (Å²) in [5, 5.41) is 1.74. The van der Waals surface area contributed by atoms with E-state index in [4.69, 9.17) is 0 Å². The summed E-state index contributed by atoms with van der Waals surface area (Å²) in [4.78, 5) is 0. The summed E-state index contributed by atoms with van der Waals surface area (Å²) < 4.78 is 32.1. The summed E-state index contributed by atoms with van der Waals surface area (Å²) in [6.07, 6.45) is 1.92. The van der Waals surface area contributed by atoms with Gasteiger partial charge in [-0.1, -0.05) is 42.5 Å². The largest absolute Gasteiger partial charge is 0.315 e. The van der Waals surface area contributed by atoms with Gasteiger partial charge < -0.3 is 4.40 Å². The fourth-order valence-electron chi connectivity index (χ4n) is 2.96. The van der Waals surface area contributed by atoms with E-state index in [2.05, 4.69) is 4.40 Å². The van der Waals surface area contributed by atoms with Gasteiger partial charge in [-0.15, -0.1) is 11.3 Å². The Morgan fingerprint density at radius 2 is 1.77 bits per heavy atom. The Hall–Kier alpha value is -2.70. The molecule has 0 amide bonds. The van der Waals surface area contributed by atoms with Gasteiger partial charge in [-0.2, -0.15) is 12.8 Å². The van der Waals surface area contributed by atoms with Gasteiger partial charge in [0.1, 0.15) is 9.92 Å². The molecule has 3 heterocycles. The minimum Gasteiger partial charge on any atom is -0.315 e. The number of thiophene rings is 1. The number of sulfonamides is 1. The number of aryl methyl sites for hydroxylation is 1. The Morgan fingerprint density at radius 1 is 1.00 bits per heavy atom. The topological polar surface area (TPSA) is 50.9 Å². The van der Waals surface area contributed by atoms with Crippen LogP contribution in [0.4, 0.5) is 0 Å². The normalized spacial score (nSPS) is 12.6. The van der Waals surface area contributed by atoms with Gasteiger partial charge in [0.15, 0.2) is 0 Å². The van der Waals surface area contributed by atoms with E-state index in [-0.39, 0.29) is 4.21 Å². The highest BCUT2D eigenvalue weighted by Gasteiger charge is 2.21. The lowest BCUT2D eigenvalue weighted by atomic mass is 10.1. The monoisotopic (exact) mass is 380 g/mol. The van der Waals surface area contributed by atoms with Crippen LogP contribution >= 0.6 is 11.3 Å². The van der Waals surface area contributed by atoms with Gasteiger partial charge >= 0.3 is 0 Å². The number of benzene rings is 1. The predicted octanol–water partition coefficient (Wildman–Crippen LogP) is 4.54. The van der Waals surface area contributed by atoms with Crippen LogP contribution in [0.1, 0.15) is 16.8 Å². The van der Waals surface area contributed by atoms with Crippen LogP contribution in [0.15, 0.2) is 86.9 Å². The molecule has 0 saturated heterocycles. The molecule has 0 N–H and O–H groups in total. The van der Waals surface area contributed by atoms with E-state index in [1.165, 1.54) is 11.3 Å². The van der Waals surface area contributed by atoms with Crippen molar-refractivity contribution >= 4 is 32.6 Å². The van der Waals surface area contributed by atoms with Crippen molar-refractivity contribution in [1.29, 1.82) is 0 Å². The van der Waals surface area contributed by atoms with Gasteiger partial charge in [0.2, 0.25) is 0 Å². The molecule has 4 rings (SSSR count). The lowest BCUT2D eigenvalue weighted by molar-refractivity contribution is 0.600. The zero-order chi connectivity index (χ0) is 18.1. The molecule has 0 aliphatic rings. The van der Waals surface area contributed by atoms with Crippen molar-refractivity contribution in [2.75, 3.05) is 0 Å². The maximum atomic E-state index is 12.8. The molecule has 4 aromatic rings. The summed E-state index contributed by atoms with van der Waals surface area (Å²) in [7, 11) is -3.78. The molecule has 0 saturated carbocycles. The van der Waals surface area contributed by atoms with Crippen molar-refractivity contribution in [3.63, 3.8) is 0 Å². The van der Waals surface area contributed by atoms with Gasteiger partial charge in [-0.25, -0.2) is 0 Å². The molecular formula is C20H16N2O2S2. The van der Waals surface area contributed by atoms with Gasteiger partial charge in [-0.3, -0.25) is 0 Å². The highest BCUT2D eigenvalue weighted by Crippen LogP contribution is 2.24. The van der Waals surface area contributed by atoms with Crippen LogP contribution in [0.3, 0.4) is 0 Å². The molecule has 0 unspecified atom stereocenters. The third-order valence-corrected chi connectivity index (χ3v) is 6.75. The number of fused-ring (bicyclic) bond motifs is 1. The molecule has 0 fully saturated rings. The fourth-order valence-corrected chi connectivity index (χ4v) is 4.95. The van der Waals surface area contributed by atoms with Crippen molar-refractivity contribution in [1.82, 2.24) is 4.40 Å². The molecule has 0 bridgehead atoms. The van der Waals surface area contributed by atoms with E-state index in [1.54, 1.807) is 17.5 Å². The van der Waals surface area contributed by atoms with Crippen LogP contribution in [0, 0.1) is 6.92 Å². The van der Waals surface area contributed by atoms with Crippen molar-refractivity contribution in [3.8, 4) is 0 Å². The van der Waals surface area contributed by atoms with Crippen LogP contribution in [0.25, 0.3) is 5.52 Å². The minimum absolute atomic E-state index is 0.240. The number of aromatic nitrogens is 1. The molecule has 0 atom stereocenters. The van der Waals surface area contributed by atoms with E-state index in [9.17, 15) is 8.42 Å². The lowest BCUT2D eigenvalue weighted by Gasteiger charge is -2.09. The summed E-state index contributed by atoms with van der Waals surface area (Å²) in [6.45, 7) is 1.97. The molecule has 0 aliphatic heterocycles. The van der Waals surface area contributed by atoms with Gasteiger partial charge in [0.25, 0.3) is 10.0 Å². The third-order valence-electron chi connectivity index (χ3n) is 4.10. The van der Waals surface area contributed by atoms with E-state index in [0.717, 1.165) is 22.3 Å². The molecule has 6 heteroatoms. The van der Waals surface area contributed by atoms with E-state index < -0.39 is 10.0 Å². The van der Waals surface area contributed by atoms with Gasteiger partial charge in [0, 0.05) is 17.3 Å². The average Bonchev–Trinajstić information content (AvgIpc) is 3.28. The molecule has 1 aromatic carbocycles. The molecular weight excluding hydrogens is 364 g/mol. The van der Waals surface area contributed by atoms with Crippen LogP contribution < -0.4 is 0 Å². The second-order valence-corrected chi connectivity index (χ2v) is 8.66. The van der Waals surface area contributed by atoms with Crippen molar-refractivity contribution in [2.45, 2.75) is 11.1 Å². The number of hydrogen-bond donors (Lipinski definition) is 0. The Kier molecular flexibility index (Phi) is 4.22. The predicted molar refractivity (Wildman–Crippen MR) is 106 cm³/mol. The maximum Gasteiger partial charge on any atom is 0.292 e. The molecule has 0 spiro atoms. The first-order valence-corrected chi connectivity index (χ1v) is 10.4. The molecule has 3 aromatic heterocycles. The first kappa shape index (κ1) is 16.8. The van der Waals surface area contributed by atoms with Crippen LogP contribution in [0.5, 0.6) is 0 Å². The Morgan fingerprint density at radius 3 is 2.50 bits per heavy atom. The molecule has 26 heavy (non-hydrogen) atoms. The number of nitrogens with zero attached hydrogens (tertiary/aromatic N) is 2. The van der Waals surface area contributed by atoms with Crippen molar-refractivity contribution in [2.24, 2.45) is 4.40 Å².